The number of furan rings is 2. The van der Waals surface area contributed by atoms with Crippen LogP contribution in [0.15, 0.2) is 56.2 Å². The lowest BCUT2D eigenvalue weighted by Gasteiger charge is -2.04. The monoisotopic (exact) mass is 531 g/mol. The number of nitrogens with one attached hydrogen (secondary N) is 2. The van der Waals surface area contributed by atoms with Crippen LogP contribution in [0.5, 0.6) is 0 Å². The van der Waals surface area contributed by atoms with Crippen LogP contribution in [0.3, 0.4) is 0 Å². The van der Waals surface area contributed by atoms with Gasteiger partial charge in [0.15, 0.2) is 11.5 Å². The molecule has 0 fully saturated rings. The van der Waals surface area contributed by atoms with E-state index in [-0.39, 0.29) is 40.5 Å². The zero-order valence-electron chi connectivity index (χ0n) is 17.7. The quantitative estimate of drug-likeness (QED) is 0.245. The Kier molecular flexibility index (Phi) is 6.58. The minimum atomic E-state index is -0.611. The van der Waals surface area contributed by atoms with Gasteiger partial charge in [0.1, 0.15) is 22.5 Å². The van der Waals surface area contributed by atoms with Gasteiger partial charge in [0.25, 0.3) is 11.8 Å². The first kappa shape index (κ1) is 23.0. The Hall–Kier alpha value is -4.20. The number of nitro groups is 1. The van der Waals surface area contributed by atoms with E-state index in [1.165, 1.54) is 27.9 Å². The summed E-state index contributed by atoms with van der Waals surface area (Å²) in [6, 6.07) is 6.45. The van der Waals surface area contributed by atoms with Crippen molar-refractivity contribution in [2.45, 2.75) is 26.6 Å². The second-order valence-electron chi connectivity index (χ2n) is 6.98. The molecular weight excluding hydrogens is 514 g/mol. The van der Waals surface area contributed by atoms with Gasteiger partial charge in [0.2, 0.25) is 0 Å². The lowest BCUT2D eigenvalue weighted by Crippen LogP contribution is -2.25. The summed E-state index contributed by atoms with van der Waals surface area (Å²) in [5.74, 6) is -0.473. The van der Waals surface area contributed by atoms with Crippen molar-refractivity contribution in [3.05, 3.63) is 80.5 Å². The van der Waals surface area contributed by atoms with Crippen molar-refractivity contribution in [2.24, 2.45) is 0 Å². The van der Waals surface area contributed by atoms with Gasteiger partial charge >= 0.3 is 5.82 Å². The highest BCUT2D eigenvalue weighted by Gasteiger charge is 2.22. The molecule has 0 unspecified atom stereocenters. The average Bonchev–Trinajstić information content (AvgIpc) is 3.59. The number of anilines is 1. The Morgan fingerprint density at radius 3 is 2.65 bits per heavy atom. The van der Waals surface area contributed by atoms with Crippen LogP contribution in [0.25, 0.3) is 0 Å². The molecule has 0 aromatic carbocycles. The molecule has 4 aromatic heterocycles. The van der Waals surface area contributed by atoms with Gasteiger partial charge in [-0.1, -0.05) is 0 Å². The van der Waals surface area contributed by atoms with Crippen molar-refractivity contribution < 1.29 is 23.3 Å². The van der Waals surface area contributed by atoms with Crippen molar-refractivity contribution >= 4 is 39.2 Å². The maximum absolute atomic E-state index is 12.7. The first-order chi connectivity index (χ1) is 16.3. The van der Waals surface area contributed by atoms with E-state index in [2.05, 4.69) is 36.8 Å². The third kappa shape index (κ3) is 5.06. The van der Waals surface area contributed by atoms with Crippen molar-refractivity contribution in [3.8, 4) is 0 Å². The number of aromatic nitrogens is 4. The second-order valence-corrected chi connectivity index (χ2v) is 7.84. The van der Waals surface area contributed by atoms with Crippen molar-refractivity contribution in [3.63, 3.8) is 0 Å². The normalized spacial score (nSPS) is 10.9. The molecule has 0 bridgehead atoms. The first-order valence-corrected chi connectivity index (χ1v) is 10.8. The summed E-state index contributed by atoms with van der Waals surface area (Å²) in [4.78, 5) is 35.7. The Labute approximate surface area is 200 Å². The lowest BCUT2D eigenvalue weighted by atomic mass is 10.3. The highest BCUT2D eigenvalue weighted by Crippen LogP contribution is 2.23. The minimum absolute atomic E-state index is 0.0121. The third-order valence-corrected chi connectivity index (χ3v) is 5.19. The molecule has 34 heavy (non-hydrogen) atoms. The van der Waals surface area contributed by atoms with E-state index >= 15 is 0 Å². The van der Waals surface area contributed by atoms with E-state index in [4.69, 9.17) is 8.83 Å². The number of carbonyl (C=O) groups is 2. The van der Waals surface area contributed by atoms with Crippen LogP contribution < -0.4 is 10.6 Å². The molecule has 0 radical (unpaired) electrons. The Balaban J connectivity index is 1.45. The molecule has 176 valence electrons. The van der Waals surface area contributed by atoms with Crippen LogP contribution >= 0.6 is 15.9 Å². The standard InChI is InChI=1S/C20H18BrN7O6/c1-2-26-11-15(17(24-26)20(30)22-8-12-4-3-7-33-12)23-19(29)16-6-5-13(34-16)9-27-10-14(21)18(25-27)28(31)32/h3-7,10-11H,2,8-9H2,1H3,(H,22,30)(H,23,29). The Morgan fingerprint density at radius 2 is 1.97 bits per heavy atom. The molecular formula is C20H18BrN7O6. The van der Waals surface area contributed by atoms with Crippen LogP contribution in [0.4, 0.5) is 11.5 Å². The molecule has 13 nitrogen and oxygen atoms in total. The van der Waals surface area contributed by atoms with Gasteiger partial charge < -0.3 is 29.6 Å². The molecule has 0 aliphatic rings. The van der Waals surface area contributed by atoms with Crippen molar-refractivity contribution in [1.82, 2.24) is 24.9 Å². The van der Waals surface area contributed by atoms with Gasteiger partial charge in [-0.2, -0.15) is 9.78 Å². The first-order valence-electron chi connectivity index (χ1n) is 9.99. The predicted octanol–water partition coefficient (Wildman–Crippen LogP) is 3.19. The van der Waals surface area contributed by atoms with Crippen molar-refractivity contribution in [1.29, 1.82) is 0 Å². The fourth-order valence-corrected chi connectivity index (χ4v) is 3.49. The predicted molar refractivity (Wildman–Crippen MR) is 120 cm³/mol. The van der Waals surface area contributed by atoms with Crippen LogP contribution in [0.2, 0.25) is 0 Å². The second kappa shape index (κ2) is 9.74. The Morgan fingerprint density at radius 1 is 1.15 bits per heavy atom. The number of hydrogen-bond acceptors (Lipinski definition) is 8. The molecule has 0 saturated heterocycles. The summed E-state index contributed by atoms with van der Waals surface area (Å²) in [5.41, 5.74) is 0.260. The summed E-state index contributed by atoms with van der Waals surface area (Å²) in [6.45, 7) is 2.58. The third-order valence-electron chi connectivity index (χ3n) is 4.63. The number of carbonyl (C=O) groups excluding carboxylic acids is 2. The molecule has 4 rings (SSSR count). The summed E-state index contributed by atoms with van der Waals surface area (Å²) < 4.78 is 13.8. The zero-order chi connectivity index (χ0) is 24.2. The maximum Gasteiger partial charge on any atom is 0.404 e. The molecule has 14 heteroatoms. The van der Waals surface area contributed by atoms with E-state index in [0.717, 1.165) is 0 Å². The van der Waals surface area contributed by atoms with E-state index in [0.29, 0.717) is 18.1 Å². The lowest BCUT2D eigenvalue weighted by molar-refractivity contribution is -0.390. The molecule has 0 aliphatic carbocycles. The molecule has 4 heterocycles. The minimum Gasteiger partial charge on any atom is -0.467 e. The largest absolute Gasteiger partial charge is 0.467 e. The Bertz CT molecular complexity index is 1340. The van der Waals surface area contributed by atoms with Gasteiger partial charge in [0, 0.05) is 12.7 Å². The fourth-order valence-electron chi connectivity index (χ4n) is 3.03. The van der Waals surface area contributed by atoms with E-state index < -0.39 is 16.7 Å². The SMILES string of the molecule is CCn1cc(NC(=O)c2ccc(Cn3cc(Br)c([N+](=O)[O-])n3)o2)c(C(=O)NCc2ccco2)n1. The molecule has 2 amide bonds. The number of halogens is 1. The van der Waals surface area contributed by atoms with Gasteiger partial charge in [0.05, 0.1) is 29.8 Å². The van der Waals surface area contributed by atoms with Crippen LogP contribution in [-0.2, 0) is 19.6 Å². The molecule has 0 saturated carbocycles. The fraction of sp³-hybridized carbons (Fsp3) is 0.200. The smallest absolute Gasteiger partial charge is 0.404 e. The van der Waals surface area contributed by atoms with Gasteiger partial charge in [-0.3, -0.25) is 14.3 Å². The zero-order valence-corrected chi connectivity index (χ0v) is 19.3. The number of amides is 2. The van der Waals surface area contributed by atoms with E-state index in [1.807, 2.05) is 6.92 Å². The summed E-state index contributed by atoms with van der Waals surface area (Å²) in [7, 11) is 0. The average molecular weight is 532 g/mol. The summed E-state index contributed by atoms with van der Waals surface area (Å²) >= 11 is 3.08. The molecule has 2 N–H and O–H groups in total. The molecule has 4 aromatic rings. The number of rotatable bonds is 9. The number of nitrogens with zero attached hydrogens (tertiary/aromatic N) is 5. The van der Waals surface area contributed by atoms with E-state index in [9.17, 15) is 19.7 Å². The topological polar surface area (TPSA) is 163 Å². The van der Waals surface area contributed by atoms with Gasteiger partial charge in [-0.05, 0) is 52.0 Å². The van der Waals surface area contributed by atoms with Gasteiger partial charge in [-0.15, -0.1) is 0 Å². The van der Waals surface area contributed by atoms with E-state index in [1.54, 1.807) is 24.4 Å². The molecule has 0 spiro atoms. The van der Waals surface area contributed by atoms with Crippen LogP contribution in [0, 0.1) is 10.1 Å². The summed E-state index contributed by atoms with van der Waals surface area (Å²) in [6.07, 6.45) is 4.49. The molecule has 0 aliphatic heterocycles. The van der Waals surface area contributed by atoms with Crippen molar-refractivity contribution in [2.75, 3.05) is 5.32 Å². The number of hydrogen-bond donors (Lipinski definition) is 2. The summed E-state index contributed by atoms with van der Waals surface area (Å²) in [5, 5.41) is 24.3. The van der Waals surface area contributed by atoms with Gasteiger partial charge in [-0.25, -0.2) is 0 Å². The highest BCUT2D eigenvalue weighted by molar-refractivity contribution is 9.10. The highest BCUT2D eigenvalue weighted by atomic mass is 79.9. The number of aryl methyl sites for hydroxylation is 1. The maximum atomic E-state index is 12.7. The van der Waals surface area contributed by atoms with Crippen LogP contribution in [-0.4, -0.2) is 36.3 Å². The molecule has 0 atom stereocenters. The van der Waals surface area contributed by atoms with Crippen LogP contribution in [0.1, 0.15) is 39.5 Å².